The molecule has 1 aliphatic carbocycles. The fourth-order valence-corrected chi connectivity index (χ4v) is 4.34. The van der Waals surface area contributed by atoms with Gasteiger partial charge in [0.05, 0.1) is 0 Å². The Kier molecular flexibility index (Phi) is 5.76. The largest absolute Gasteiger partial charge is 0.361 e. The zero-order valence-electron chi connectivity index (χ0n) is 15.7. The third kappa shape index (κ3) is 4.44. The first-order valence-corrected chi connectivity index (χ1v) is 10.7. The fraction of sp³-hybridized carbons (Fsp3) is 0.364. The molecule has 0 aliphatic heterocycles. The lowest BCUT2D eigenvalue weighted by atomic mass is 9.96. The Bertz CT molecular complexity index is 944. The van der Waals surface area contributed by atoms with E-state index >= 15 is 0 Å². The molecule has 4 rings (SSSR count). The fourth-order valence-electron chi connectivity index (χ4n) is 3.49. The Hall–Kier alpha value is -2.60. The highest BCUT2D eigenvalue weighted by Gasteiger charge is 2.29. The highest BCUT2D eigenvalue weighted by molar-refractivity contribution is 7.10. The van der Waals surface area contributed by atoms with Crippen molar-refractivity contribution >= 4 is 34.1 Å². The summed E-state index contributed by atoms with van der Waals surface area (Å²) in [6.45, 7) is 1.13. The van der Waals surface area contributed by atoms with Gasteiger partial charge in [-0.25, -0.2) is 0 Å². The molecule has 0 spiro atoms. The Morgan fingerprint density at radius 2 is 2.00 bits per heavy atom. The summed E-state index contributed by atoms with van der Waals surface area (Å²) in [5.41, 5.74) is 2.31. The molecule has 6 heteroatoms. The van der Waals surface area contributed by atoms with Gasteiger partial charge in [0.25, 0.3) is 0 Å². The number of amides is 2. The molecule has 2 amide bonds. The van der Waals surface area contributed by atoms with E-state index in [9.17, 15) is 9.59 Å². The lowest BCUT2D eigenvalue weighted by Crippen LogP contribution is -2.30. The van der Waals surface area contributed by atoms with Gasteiger partial charge in [-0.15, -0.1) is 11.3 Å². The predicted molar refractivity (Wildman–Crippen MR) is 112 cm³/mol. The van der Waals surface area contributed by atoms with Crippen LogP contribution in [0.4, 0.5) is 0 Å². The molecule has 1 unspecified atom stereocenters. The van der Waals surface area contributed by atoms with Gasteiger partial charge in [0.1, 0.15) is 0 Å². The lowest BCUT2D eigenvalue weighted by Gasteiger charge is -2.16. The number of hydrogen-bond acceptors (Lipinski definition) is 3. The second-order valence-corrected chi connectivity index (χ2v) is 8.31. The number of carbonyl (C=O) groups excluding carboxylic acids is 2. The first-order valence-electron chi connectivity index (χ1n) is 9.86. The van der Waals surface area contributed by atoms with E-state index in [1.54, 1.807) is 11.3 Å². The molecule has 1 fully saturated rings. The molecule has 0 saturated heterocycles. The number of nitrogens with one attached hydrogen (secondary N) is 3. The SMILES string of the molecule is O=C(CCCNC(=O)C1CC1)NCC(c1cccs1)c1c[nH]c2ccccc12. The van der Waals surface area contributed by atoms with Gasteiger partial charge in [0.15, 0.2) is 0 Å². The minimum atomic E-state index is 0.0297. The molecule has 3 N–H and O–H groups in total. The Labute approximate surface area is 168 Å². The zero-order chi connectivity index (χ0) is 19.3. The molecule has 0 radical (unpaired) electrons. The molecule has 146 valence electrons. The van der Waals surface area contributed by atoms with Gasteiger partial charge < -0.3 is 15.6 Å². The molecule has 1 aromatic carbocycles. The van der Waals surface area contributed by atoms with Crippen molar-refractivity contribution in [2.24, 2.45) is 5.92 Å². The average Bonchev–Trinajstić information content (AvgIpc) is 3.26. The van der Waals surface area contributed by atoms with Crippen LogP contribution in [0, 0.1) is 5.92 Å². The smallest absolute Gasteiger partial charge is 0.223 e. The first kappa shape index (κ1) is 18.7. The molecule has 3 aromatic rings. The molecule has 1 atom stereocenters. The number of thiophene rings is 1. The summed E-state index contributed by atoms with van der Waals surface area (Å²) in [6, 6.07) is 12.4. The van der Waals surface area contributed by atoms with Crippen molar-refractivity contribution in [2.45, 2.75) is 31.6 Å². The summed E-state index contributed by atoms with van der Waals surface area (Å²) in [4.78, 5) is 28.5. The minimum Gasteiger partial charge on any atom is -0.361 e. The van der Waals surface area contributed by atoms with E-state index in [0.29, 0.717) is 25.9 Å². The molecule has 1 saturated carbocycles. The van der Waals surface area contributed by atoms with Crippen molar-refractivity contribution < 1.29 is 9.59 Å². The number of hydrogen-bond donors (Lipinski definition) is 3. The zero-order valence-corrected chi connectivity index (χ0v) is 16.6. The number of carbonyl (C=O) groups is 2. The number of H-pyrrole nitrogens is 1. The summed E-state index contributed by atoms with van der Waals surface area (Å²) in [7, 11) is 0. The van der Waals surface area contributed by atoms with Crippen LogP contribution in [-0.4, -0.2) is 29.9 Å². The van der Waals surface area contributed by atoms with Crippen LogP contribution in [0.2, 0.25) is 0 Å². The van der Waals surface area contributed by atoms with E-state index in [1.165, 1.54) is 15.8 Å². The van der Waals surface area contributed by atoms with Crippen LogP contribution in [0.1, 0.15) is 42.0 Å². The third-order valence-corrected chi connectivity index (χ3v) is 6.20. The van der Waals surface area contributed by atoms with Crippen molar-refractivity contribution in [1.82, 2.24) is 15.6 Å². The average molecular weight is 396 g/mol. The van der Waals surface area contributed by atoms with Crippen LogP contribution >= 0.6 is 11.3 Å². The monoisotopic (exact) mass is 395 g/mol. The molecule has 0 bridgehead atoms. The molecule has 5 nitrogen and oxygen atoms in total. The maximum Gasteiger partial charge on any atom is 0.223 e. The maximum atomic E-state index is 12.3. The summed E-state index contributed by atoms with van der Waals surface area (Å²) < 4.78 is 0. The number of benzene rings is 1. The number of aromatic amines is 1. The van der Waals surface area contributed by atoms with Crippen molar-refractivity contribution in [3.8, 4) is 0 Å². The quantitative estimate of drug-likeness (QED) is 0.482. The number of aromatic nitrogens is 1. The Morgan fingerprint density at radius 3 is 2.79 bits per heavy atom. The van der Waals surface area contributed by atoms with Crippen LogP contribution in [0.25, 0.3) is 10.9 Å². The van der Waals surface area contributed by atoms with Crippen molar-refractivity contribution in [1.29, 1.82) is 0 Å². The molecule has 2 aromatic heterocycles. The molecular weight excluding hydrogens is 370 g/mol. The van der Waals surface area contributed by atoms with Gasteiger partial charge in [-0.2, -0.15) is 0 Å². The van der Waals surface area contributed by atoms with Crippen LogP contribution in [-0.2, 0) is 9.59 Å². The first-order chi connectivity index (χ1) is 13.7. The number of para-hydroxylation sites is 1. The van der Waals surface area contributed by atoms with E-state index in [2.05, 4.69) is 45.4 Å². The van der Waals surface area contributed by atoms with E-state index < -0.39 is 0 Å². The van der Waals surface area contributed by atoms with Gasteiger partial charge in [0, 0.05) is 53.3 Å². The predicted octanol–water partition coefficient (Wildman–Crippen LogP) is 3.78. The highest BCUT2D eigenvalue weighted by Crippen LogP contribution is 2.32. The summed E-state index contributed by atoms with van der Waals surface area (Å²) in [5, 5.41) is 9.26. The van der Waals surface area contributed by atoms with Gasteiger partial charge in [0.2, 0.25) is 11.8 Å². The topological polar surface area (TPSA) is 74.0 Å². The molecular formula is C22H25N3O2S. The Morgan fingerprint density at radius 1 is 1.14 bits per heavy atom. The standard InChI is InChI=1S/C22H25N3O2S/c26-21(8-3-11-23-22(27)15-9-10-15)25-14-18(20-7-4-12-28-20)17-13-24-19-6-2-1-5-16(17)19/h1-2,4-7,12-13,15,18,24H,3,8-11,14H2,(H,23,27)(H,25,26). The third-order valence-electron chi connectivity index (χ3n) is 5.21. The van der Waals surface area contributed by atoms with E-state index in [1.807, 2.05) is 18.2 Å². The van der Waals surface area contributed by atoms with Crippen molar-refractivity contribution in [3.05, 3.63) is 58.4 Å². The van der Waals surface area contributed by atoms with Gasteiger partial charge in [-0.3, -0.25) is 9.59 Å². The highest BCUT2D eigenvalue weighted by atomic mass is 32.1. The molecule has 28 heavy (non-hydrogen) atoms. The Balaban J connectivity index is 1.34. The van der Waals surface area contributed by atoms with Crippen LogP contribution < -0.4 is 10.6 Å². The second kappa shape index (κ2) is 8.61. The lowest BCUT2D eigenvalue weighted by molar-refractivity contribution is -0.123. The van der Waals surface area contributed by atoms with E-state index in [0.717, 1.165) is 18.4 Å². The van der Waals surface area contributed by atoms with Crippen LogP contribution in [0.15, 0.2) is 48.0 Å². The number of rotatable bonds is 9. The summed E-state index contributed by atoms with van der Waals surface area (Å²) >= 11 is 1.71. The maximum absolute atomic E-state index is 12.3. The normalized spacial score (nSPS) is 14.7. The van der Waals surface area contributed by atoms with Crippen LogP contribution in [0.3, 0.4) is 0 Å². The molecule has 1 aliphatic rings. The van der Waals surface area contributed by atoms with Crippen molar-refractivity contribution in [2.75, 3.05) is 13.1 Å². The van der Waals surface area contributed by atoms with Gasteiger partial charge in [-0.1, -0.05) is 24.3 Å². The van der Waals surface area contributed by atoms with Crippen LogP contribution in [0.5, 0.6) is 0 Å². The van der Waals surface area contributed by atoms with Gasteiger partial charge >= 0.3 is 0 Å². The summed E-state index contributed by atoms with van der Waals surface area (Å²) in [5.74, 6) is 0.505. The second-order valence-electron chi connectivity index (χ2n) is 7.33. The minimum absolute atomic E-state index is 0.0297. The van der Waals surface area contributed by atoms with Gasteiger partial charge in [-0.05, 0) is 42.3 Å². The molecule has 2 heterocycles. The summed E-state index contributed by atoms with van der Waals surface area (Å²) in [6.07, 6.45) is 5.15. The van der Waals surface area contributed by atoms with E-state index in [-0.39, 0.29) is 23.7 Å². The van der Waals surface area contributed by atoms with Crippen molar-refractivity contribution in [3.63, 3.8) is 0 Å². The van der Waals surface area contributed by atoms with E-state index in [4.69, 9.17) is 0 Å². The number of fused-ring (bicyclic) bond motifs is 1.